The van der Waals surface area contributed by atoms with Crippen LogP contribution in [0, 0.1) is 5.92 Å². The van der Waals surface area contributed by atoms with Gasteiger partial charge in [0.05, 0.1) is 11.7 Å². The first-order chi connectivity index (χ1) is 10.4. The summed E-state index contributed by atoms with van der Waals surface area (Å²) in [5, 5.41) is 0. The molecule has 0 fully saturated rings. The minimum Gasteiger partial charge on any atom is -0.445 e. The fraction of sp³-hybridized carbons (Fsp3) is 0.286. The minimum atomic E-state index is -4.41. The average Bonchev–Trinajstić information content (AvgIpc) is 3.03. The molecule has 3 heterocycles. The number of rotatable bonds is 4. The van der Waals surface area contributed by atoms with Crippen molar-refractivity contribution in [1.82, 2.24) is 14.5 Å². The lowest BCUT2D eigenvalue weighted by molar-refractivity contribution is 0.377. The molecule has 0 saturated carbocycles. The summed E-state index contributed by atoms with van der Waals surface area (Å²) in [5.74, 6) is 1.24. The zero-order valence-electron chi connectivity index (χ0n) is 12.2. The van der Waals surface area contributed by atoms with Crippen molar-refractivity contribution in [1.29, 1.82) is 0 Å². The van der Waals surface area contributed by atoms with Crippen molar-refractivity contribution in [2.24, 2.45) is 5.92 Å². The molecule has 3 rings (SSSR count). The summed E-state index contributed by atoms with van der Waals surface area (Å²) in [6.45, 7) is 4.88. The third-order valence-electron chi connectivity index (χ3n) is 3.20. The first-order valence-corrected chi connectivity index (χ1v) is 8.44. The summed E-state index contributed by atoms with van der Waals surface area (Å²) in [6.07, 6.45) is 3.34. The summed E-state index contributed by atoms with van der Waals surface area (Å²) in [7, 11) is -4.41. The van der Waals surface area contributed by atoms with Gasteiger partial charge in [0, 0.05) is 12.7 Å². The molecule has 3 aromatic rings. The Hall–Kier alpha value is -1.95. The van der Waals surface area contributed by atoms with E-state index < -0.39 is 7.60 Å². The van der Waals surface area contributed by atoms with E-state index in [1.165, 1.54) is 12.1 Å². The lowest BCUT2D eigenvalue weighted by Gasteiger charge is -2.10. The lowest BCUT2D eigenvalue weighted by atomic mass is 10.2. The van der Waals surface area contributed by atoms with Crippen LogP contribution in [-0.4, -0.2) is 24.3 Å². The molecule has 7 nitrogen and oxygen atoms in total. The Morgan fingerprint density at radius 1 is 1.32 bits per heavy atom. The molecule has 0 aromatic carbocycles. The average molecular weight is 321 g/mol. The highest BCUT2D eigenvalue weighted by atomic mass is 31.2. The molecule has 8 heteroatoms. The van der Waals surface area contributed by atoms with Gasteiger partial charge in [-0.25, -0.2) is 4.98 Å². The van der Waals surface area contributed by atoms with Gasteiger partial charge in [-0.05, 0) is 24.1 Å². The van der Waals surface area contributed by atoms with Crippen molar-refractivity contribution in [3.8, 4) is 11.6 Å². The van der Waals surface area contributed by atoms with Crippen LogP contribution in [0.2, 0.25) is 0 Å². The molecule has 3 aromatic heterocycles. The summed E-state index contributed by atoms with van der Waals surface area (Å²) >= 11 is 0. The summed E-state index contributed by atoms with van der Waals surface area (Å²) in [6, 6.07) is 4.67. The highest BCUT2D eigenvalue weighted by Crippen LogP contribution is 2.36. The van der Waals surface area contributed by atoms with E-state index in [0.29, 0.717) is 29.6 Å². The van der Waals surface area contributed by atoms with E-state index in [2.05, 4.69) is 23.8 Å². The van der Waals surface area contributed by atoms with E-state index in [0.717, 1.165) is 5.52 Å². The molecule has 0 aliphatic heterocycles. The second-order valence-corrected chi connectivity index (χ2v) is 7.01. The van der Waals surface area contributed by atoms with Crippen LogP contribution in [0.4, 0.5) is 0 Å². The molecule has 2 N–H and O–H groups in total. The van der Waals surface area contributed by atoms with Crippen molar-refractivity contribution in [2.75, 3.05) is 0 Å². The fourth-order valence-corrected chi connectivity index (χ4v) is 2.81. The number of nitrogens with zero attached hydrogens (tertiary/aromatic N) is 3. The van der Waals surface area contributed by atoms with Crippen LogP contribution in [-0.2, 0) is 11.1 Å². The maximum Gasteiger partial charge on any atom is 0.391 e. The Bertz CT molecular complexity index is 862. The zero-order chi connectivity index (χ0) is 15.9. The number of hydrogen-bond donors (Lipinski definition) is 2. The Morgan fingerprint density at radius 2 is 2.09 bits per heavy atom. The van der Waals surface area contributed by atoms with Crippen LogP contribution in [0.15, 0.2) is 35.0 Å². The molecule has 0 aliphatic rings. The second kappa shape index (κ2) is 5.35. The molecule has 0 spiro atoms. The van der Waals surface area contributed by atoms with Crippen LogP contribution >= 0.6 is 7.60 Å². The monoisotopic (exact) mass is 321 g/mol. The summed E-state index contributed by atoms with van der Waals surface area (Å²) < 4.78 is 18.6. The lowest BCUT2D eigenvalue weighted by Crippen LogP contribution is -2.06. The largest absolute Gasteiger partial charge is 0.445 e. The van der Waals surface area contributed by atoms with Crippen LogP contribution in [0.5, 0.6) is 0 Å². The number of imidazole rings is 1. The normalized spacial score (nSPS) is 12.4. The SMILES string of the molecule is CC(C)Cn1c(-c2ccc(P(=O)(O)O)o2)nc2cnccc21. The molecular formula is C14H16N3O4P. The zero-order valence-corrected chi connectivity index (χ0v) is 13.1. The van der Waals surface area contributed by atoms with E-state index in [-0.39, 0.29) is 5.50 Å². The van der Waals surface area contributed by atoms with Crippen LogP contribution in [0.25, 0.3) is 22.6 Å². The number of fused-ring (bicyclic) bond motifs is 1. The van der Waals surface area contributed by atoms with Crippen LogP contribution in [0.3, 0.4) is 0 Å². The molecular weight excluding hydrogens is 305 g/mol. The predicted molar refractivity (Wildman–Crippen MR) is 81.7 cm³/mol. The van der Waals surface area contributed by atoms with Gasteiger partial charge < -0.3 is 18.8 Å². The fourth-order valence-electron chi connectivity index (χ4n) is 2.32. The first kappa shape index (κ1) is 15.0. The third-order valence-corrected chi connectivity index (χ3v) is 4.01. The van der Waals surface area contributed by atoms with Gasteiger partial charge >= 0.3 is 7.60 Å². The van der Waals surface area contributed by atoms with Crippen LogP contribution in [0.1, 0.15) is 13.8 Å². The summed E-state index contributed by atoms with van der Waals surface area (Å²) in [4.78, 5) is 26.9. The van der Waals surface area contributed by atoms with Gasteiger partial charge in [0.2, 0.25) is 5.50 Å². The molecule has 0 saturated heterocycles. The number of furan rings is 1. The minimum absolute atomic E-state index is 0.329. The quantitative estimate of drug-likeness (QED) is 0.714. The number of aromatic nitrogens is 3. The van der Waals surface area contributed by atoms with Gasteiger partial charge in [0.15, 0.2) is 11.6 Å². The predicted octanol–water partition coefficient (Wildman–Crippen LogP) is 2.15. The Morgan fingerprint density at radius 3 is 2.73 bits per heavy atom. The van der Waals surface area contributed by atoms with E-state index in [4.69, 9.17) is 4.42 Å². The molecule has 0 aliphatic carbocycles. The third kappa shape index (κ3) is 2.70. The smallest absolute Gasteiger partial charge is 0.391 e. The molecule has 0 unspecified atom stereocenters. The highest BCUT2D eigenvalue weighted by molar-refractivity contribution is 7.59. The van der Waals surface area contributed by atoms with Gasteiger partial charge in [0.1, 0.15) is 5.52 Å². The van der Waals surface area contributed by atoms with Crippen molar-refractivity contribution in [3.05, 3.63) is 30.6 Å². The number of hydrogen-bond acceptors (Lipinski definition) is 4. The van der Waals surface area contributed by atoms with Crippen LogP contribution < -0.4 is 5.50 Å². The summed E-state index contributed by atoms with van der Waals surface area (Å²) in [5.41, 5.74) is 1.27. The Labute approximate surface area is 126 Å². The highest BCUT2D eigenvalue weighted by Gasteiger charge is 2.24. The van der Waals surface area contributed by atoms with E-state index >= 15 is 0 Å². The van der Waals surface area contributed by atoms with Gasteiger partial charge in [-0.1, -0.05) is 13.8 Å². The van der Waals surface area contributed by atoms with E-state index in [1.54, 1.807) is 12.4 Å². The molecule has 0 radical (unpaired) electrons. The van der Waals surface area contributed by atoms with Crippen molar-refractivity contribution < 1.29 is 18.8 Å². The molecule has 0 bridgehead atoms. The Kier molecular flexibility index (Phi) is 3.64. The maximum absolute atomic E-state index is 11.3. The van der Waals surface area contributed by atoms with Gasteiger partial charge in [0.25, 0.3) is 0 Å². The number of pyridine rings is 1. The van der Waals surface area contributed by atoms with Crippen molar-refractivity contribution in [2.45, 2.75) is 20.4 Å². The standard InChI is InChI=1S/C14H16N3O4P/c1-9(2)8-17-11-5-6-15-7-10(11)16-14(17)12-3-4-13(21-12)22(18,19)20/h3-7,9H,8H2,1-2H3,(H2,18,19,20). The van der Waals surface area contributed by atoms with E-state index in [9.17, 15) is 14.4 Å². The van der Waals surface area contributed by atoms with Gasteiger partial charge in [-0.15, -0.1) is 0 Å². The molecule has 0 atom stereocenters. The first-order valence-electron chi connectivity index (χ1n) is 6.83. The second-order valence-electron chi connectivity index (χ2n) is 5.49. The maximum atomic E-state index is 11.3. The van der Waals surface area contributed by atoms with E-state index in [1.807, 2.05) is 10.6 Å². The molecule has 116 valence electrons. The van der Waals surface area contributed by atoms with Crippen molar-refractivity contribution >= 4 is 24.1 Å². The Balaban J connectivity index is 2.17. The van der Waals surface area contributed by atoms with Gasteiger partial charge in [-0.3, -0.25) is 9.55 Å². The van der Waals surface area contributed by atoms with Gasteiger partial charge in [-0.2, -0.15) is 0 Å². The topological polar surface area (TPSA) is 101 Å². The molecule has 22 heavy (non-hydrogen) atoms. The molecule has 0 amide bonds. The van der Waals surface area contributed by atoms with Crippen molar-refractivity contribution in [3.63, 3.8) is 0 Å².